The van der Waals surface area contributed by atoms with Crippen LogP contribution in [-0.2, 0) is 22.6 Å². The van der Waals surface area contributed by atoms with E-state index in [9.17, 15) is 24.3 Å². The van der Waals surface area contributed by atoms with E-state index in [0.29, 0.717) is 30.2 Å². The summed E-state index contributed by atoms with van der Waals surface area (Å²) in [6.45, 7) is 0.690. The van der Waals surface area contributed by atoms with Crippen molar-refractivity contribution < 1.29 is 28.7 Å². The second-order valence-corrected chi connectivity index (χ2v) is 9.18. The van der Waals surface area contributed by atoms with E-state index in [0.717, 1.165) is 28.6 Å². The Hall–Kier alpha value is -4.11. The zero-order chi connectivity index (χ0) is 24.5. The van der Waals surface area contributed by atoms with Crippen LogP contribution in [0.15, 0.2) is 70.0 Å². The summed E-state index contributed by atoms with van der Waals surface area (Å²) in [4.78, 5) is 52.2. The largest absolute Gasteiger partial charge is 0.478 e. The number of carbonyl (C=O) groups is 4. The maximum Gasteiger partial charge on any atom is 0.335 e. The predicted octanol–water partition coefficient (Wildman–Crippen LogP) is 4.27. The summed E-state index contributed by atoms with van der Waals surface area (Å²) < 4.78 is 5.75. The third-order valence-corrected chi connectivity index (χ3v) is 6.85. The molecule has 0 spiro atoms. The van der Waals surface area contributed by atoms with Crippen LogP contribution in [-0.4, -0.2) is 51.0 Å². The Labute approximate surface area is 204 Å². The SMILES string of the molecule is O=C(O)c1cccc(-c2ccc(/C=C3/SC(=O)N(CC(=O)N4CCc5ccccc5C4)C3=O)o2)c1. The smallest absolute Gasteiger partial charge is 0.335 e. The average Bonchev–Trinajstić information content (AvgIpc) is 3.44. The second-order valence-electron chi connectivity index (χ2n) is 8.19. The quantitative estimate of drug-likeness (QED) is 0.535. The van der Waals surface area contributed by atoms with Crippen LogP contribution in [0.5, 0.6) is 0 Å². The van der Waals surface area contributed by atoms with Gasteiger partial charge in [0.1, 0.15) is 18.1 Å². The number of benzene rings is 2. The molecule has 9 heteroatoms. The van der Waals surface area contributed by atoms with E-state index in [2.05, 4.69) is 0 Å². The maximum atomic E-state index is 12.9. The number of fused-ring (bicyclic) bond motifs is 1. The number of hydrogen-bond acceptors (Lipinski definition) is 6. The number of nitrogens with zero attached hydrogens (tertiary/aromatic N) is 2. The number of carbonyl (C=O) groups excluding carboxylic acids is 3. The predicted molar refractivity (Wildman–Crippen MR) is 129 cm³/mol. The fraction of sp³-hybridized carbons (Fsp3) is 0.154. The molecule has 3 aromatic rings. The van der Waals surface area contributed by atoms with E-state index in [4.69, 9.17) is 4.42 Å². The molecule has 0 saturated carbocycles. The van der Waals surface area contributed by atoms with Gasteiger partial charge < -0.3 is 14.4 Å². The topological polar surface area (TPSA) is 108 Å². The van der Waals surface area contributed by atoms with E-state index >= 15 is 0 Å². The Kier molecular flexibility index (Phi) is 6.00. The molecule has 1 N–H and O–H groups in total. The molecule has 0 unspecified atom stereocenters. The van der Waals surface area contributed by atoms with Gasteiger partial charge in [-0.1, -0.05) is 36.4 Å². The summed E-state index contributed by atoms with van der Waals surface area (Å²) in [5, 5.41) is 8.67. The highest BCUT2D eigenvalue weighted by molar-refractivity contribution is 8.18. The first-order chi connectivity index (χ1) is 16.9. The summed E-state index contributed by atoms with van der Waals surface area (Å²) in [5.74, 6) is -1.10. The number of carboxylic acids is 1. The first-order valence-electron chi connectivity index (χ1n) is 10.9. The van der Waals surface area contributed by atoms with Crippen molar-refractivity contribution in [2.75, 3.05) is 13.1 Å². The van der Waals surface area contributed by atoms with Crippen molar-refractivity contribution in [3.63, 3.8) is 0 Å². The van der Waals surface area contributed by atoms with Crippen LogP contribution in [0.2, 0.25) is 0 Å². The van der Waals surface area contributed by atoms with E-state index in [-0.39, 0.29) is 22.9 Å². The van der Waals surface area contributed by atoms with Gasteiger partial charge in [0.25, 0.3) is 11.1 Å². The third-order valence-electron chi connectivity index (χ3n) is 5.94. The Bertz CT molecular complexity index is 1390. The third kappa shape index (κ3) is 4.63. The molecule has 1 fully saturated rings. The molecule has 2 aromatic carbocycles. The normalized spacial score (nSPS) is 16.6. The van der Waals surface area contributed by atoms with Crippen LogP contribution in [0, 0.1) is 0 Å². The first kappa shape index (κ1) is 22.7. The van der Waals surface area contributed by atoms with E-state index in [1.807, 2.05) is 24.3 Å². The van der Waals surface area contributed by atoms with Crippen LogP contribution >= 0.6 is 11.8 Å². The minimum Gasteiger partial charge on any atom is -0.478 e. The van der Waals surface area contributed by atoms with Gasteiger partial charge in [0.05, 0.1) is 10.5 Å². The number of imide groups is 1. The molecule has 1 saturated heterocycles. The second kappa shape index (κ2) is 9.27. The molecule has 5 rings (SSSR count). The Morgan fingerprint density at radius 1 is 1.03 bits per heavy atom. The molecule has 3 amide bonds. The molecular weight excluding hydrogens is 468 g/mol. The lowest BCUT2D eigenvalue weighted by molar-refractivity contribution is -0.136. The zero-order valence-corrected chi connectivity index (χ0v) is 19.3. The molecule has 0 bridgehead atoms. The maximum absolute atomic E-state index is 12.9. The summed E-state index contributed by atoms with van der Waals surface area (Å²) in [6.07, 6.45) is 2.19. The molecule has 1 aromatic heterocycles. The van der Waals surface area contributed by atoms with Gasteiger partial charge in [0.2, 0.25) is 5.91 Å². The molecule has 176 valence electrons. The highest BCUT2D eigenvalue weighted by atomic mass is 32.2. The molecule has 0 atom stereocenters. The lowest BCUT2D eigenvalue weighted by Crippen LogP contribution is -2.44. The Balaban J connectivity index is 1.28. The number of carboxylic acid groups (broad SMARTS) is 1. The van der Waals surface area contributed by atoms with Crippen molar-refractivity contribution in [2.45, 2.75) is 13.0 Å². The fourth-order valence-corrected chi connectivity index (χ4v) is 4.92. The summed E-state index contributed by atoms with van der Waals surface area (Å²) >= 11 is 0.755. The standard InChI is InChI=1S/C26H20N2O6S/c29-23(27-11-10-16-4-1-2-5-19(16)14-27)15-28-24(30)22(35-26(28)33)13-20-8-9-21(34-20)17-6-3-7-18(12-17)25(31)32/h1-9,12-13H,10-11,14-15H2,(H,31,32)/b22-13+. The van der Waals surface area contributed by atoms with Gasteiger partial charge in [-0.05, 0) is 53.6 Å². The van der Waals surface area contributed by atoms with Gasteiger partial charge in [0, 0.05) is 24.7 Å². The van der Waals surface area contributed by atoms with Crippen molar-refractivity contribution >= 4 is 40.9 Å². The fourth-order valence-electron chi connectivity index (χ4n) is 4.10. The van der Waals surface area contributed by atoms with Crippen molar-refractivity contribution in [3.05, 3.63) is 88.0 Å². The van der Waals surface area contributed by atoms with Crippen LogP contribution in [0.3, 0.4) is 0 Å². The van der Waals surface area contributed by atoms with Gasteiger partial charge in [-0.2, -0.15) is 0 Å². The number of amides is 3. The van der Waals surface area contributed by atoms with Crippen LogP contribution in [0.4, 0.5) is 4.79 Å². The number of hydrogen-bond donors (Lipinski definition) is 1. The number of rotatable bonds is 5. The lowest BCUT2D eigenvalue weighted by atomic mass is 10.00. The van der Waals surface area contributed by atoms with Crippen molar-refractivity contribution in [3.8, 4) is 11.3 Å². The van der Waals surface area contributed by atoms with Gasteiger partial charge in [-0.15, -0.1) is 0 Å². The van der Waals surface area contributed by atoms with Crippen molar-refractivity contribution in [1.82, 2.24) is 9.80 Å². The zero-order valence-electron chi connectivity index (χ0n) is 18.5. The van der Waals surface area contributed by atoms with Gasteiger partial charge in [-0.25, -0.2) is 4.79 Å². The Morgan fingerprint density at radius 2 is 1.83 bits per heavy atom. The van der Waals surface area contributed by atoms with E-state index < -0.39 is 17.1 Å². The molecule has 3 heterocycles. The van der Waals surface area contributed by atoms with Crippen molar-refractivity contribution in [2.24, 2.45) is 0 Å². The highest BCUT2D eigenvalue weighted by Crippen LogP contribution is 2.33. The van der Waals surface area contributed by atoms with Gasteiger partial charge >= 0.3 is 5.97 Å². The first-order valence-corrected chi connectivity index (χ1v) is 11.7. The highest BCUT2D eigenvalue weighted by Gasteiger charge is 2.37. The minimum absolute atomic E-state index is 0.128. The number of furan rings is 1. The number of aromatic carboxylic acids is 1. The molecule has 35 heavy (non-hydrogen) atoms. The minimum atomic E-state index is -1.05. The monoisotopic (exact) mass is 488 g/mol. The molecule has 0 radical (unpaired) electrons. The van der Waals surface area contributed by atoms with E-state index in [1.165, 1.54) is 23.8 Å². The average molecular weight is 489 g/mol. The van der Waals surface area contributed by atoms with Gasteiger partial charge in [-0.3, -0.25) is 19.3 Å². The molecule has 2 aliphatic heterocycles. The van der Waals surface area contributed by atoms with Crippen LogP contribution < -0.4 is 0 Å². The van der Waals surface area contributed by atoms with E-state index in [1.54, 1.807) is 29.2 Å². The molecular formula is C26H20N2O6S. The lowest BCUT2D eigenvalue weighted by Gasteiger charge is -2.29. The number of thioether (sulfide) groups is 1. The summed E-state index contributed by atoms with van der Waals surface area (Å²) in [6, 6.07) is 17.5. The van der Waals surface area contributed by atoms with Crippen molar-refractivity contribution in [1.29, 1.82) is 0 Å². The van der Waals surface area contributed by atoms with Crippen LogP contribution in [0.25, 0.3) is 17.4 Å². The Morgan fingerprint density at radius 3 is 2.63 bits per heavy atom. The molecule has 2 aliphatic rings. The molecule has 0 aliphatic carbocycles. The van der Waals surface area contributed by atoms with Gasteiger partial charge in [0.15, 0.2) is 0 Å². The summed E-state index contributed by atoms with van der Waals surface area (Å²) in [7, 11) is 0. The summed E-state index contributed by atoms with van der Waals surface area (Å²) in [5.41, 5.74) is 2.98. The van der Waals surface area contributed by atoms with Crippen LogP contribution in [0.1, 0.15) is 27.2 Å². The molecule has 8 nitrogen and oxygen atoms in total.